The number of hydrogen-bond donors (Lipinski definition) is 1. The first-order valence-electron chi connectivity index (χ1n) is 11.6. The number of carbonyl (C=O) groups is 1. The predicted molar refractivity (Wildman–Crippen MR) is 127 cm³/mol. The second-order valence-corrected chi connectivity index (χ2v) is 9.01. The third-order valence-corrected chi connectivity index (χ3v) is 6.83. The Morgan fingerprint density at radius 3 is 2.65 bits per heavy atom. The van der Waals surface area contributed by atoms with Crippen LogP contribution in [-0.4, -0.2) is 41.5 Å². The van der Waals surface area contributed by atoms with Crippen molar-refractivity contribution in [2.24, 2.45) is 0 Å². The van der Waals surface area contributed by atoms with Crippen LogP contribution in [0.2, 0.25) is 0 Å². The zero-order valence-electron chi connectivity index (χ0n) is 19.4. The van der Waals surface area contributed by atoms with E-state index in [1.165, 1.54) is 0 Å². The van der Waals surface area contributed by atoms with Crippen LogP contribution in [-0.2, 0) is 21.7 Å². The molecular formula is C25H25N7O2. The quantitative estimate of drug-likeness (QED) is 0.484. The van der Waals surface area contributed by atoms with Gasteiger partial charge in [-0.2, -0.15) is 0 Å². The van der Waals surface area contributed by atoms with Gasteiger partial charge in [0.05, 0.1) is 11.7 Å². The number of anilines is 1. The molecule has 1 N–H and O–H groups in total. The minimum atomic E-state index is -1.02. The van der Waals surface area contributed by atoms with Gasteiger partial charge in [0.2, 0.25) is 0 Å². The van der Waals surface area contributed by atoms with E-state index in [1.54, 1.807) is 18.7 Å². The fraction of sp³-hybridized carbons (Fsp3) is 0.360. The molecule has 4 heterocycles. The van der Waals surface area contributed by atoms with Gasteiger partial charge in [0.25, 0.3) is 5.91 Å². The van der Waals surface area contributed by atoms with Gasteiger partial charge in [-0.05, 0) is 52.2 Å². The van der Waals surface area contributed by atoms with E-state index >= 15 is 0 Å². The number of carbonyl (C=O) groups excluding carboxylic acids is 1. The number of aryl methyl sites for hydroxylation is 2. The molecule has 0 radical (unpaired) electrons. The van der Waals surface area contributed by atoms with E-state index in [4.69, 9.17) is 9.72 Å². The predicted octanol–water partition coefficient (Wildman–Crippen LogP) is 4.02. The summed E-state index contributed by atoms with van der Waals surface area (Å²) in [5.41, 5.74) is 4.41. The molecule has 1 amide bonds. The summed E-state index contributed by atoms with van der Waals surface area (Å²) in [5.74, 6) is 1.32. The van der Waals surface area contributed by atoms with Gasteiger partial charge in [0, 0.05) is 35.8 Å². The van der Waals surface area contributed by atoms with E-state index in [1.807, 2.05) is 36.6 Å². The van der Waals surface area contributed by atoms with E-state index in [9.17, 15) is 4.79 Å². The molecule has 34 heavy (non-hydrogen) atoms. The number of nitrogens with one attached hydrogen (secondary N) is 1. The Morgan fingerprint density at radius 2 is 1.94 bits per heavy atom. The molecule has 1 unspecified atom stereocenters. The second kappa shape index (κ2) is 7.66. The third kappa shape index (κ3) is 3.11. The van der Waals surface area contributed by atoms with Crippen LogP contribution in [0.15, 0.2) is 36.9 Å². The first kappa shape index (κ1) is 20.9. The fourth-order valence-electron chi connectivity index (χ4n) is 4.67. The number of rotatable bonds is 5. The highest BCUT2D eigenvalue weighted by Gasteiger charge is 2.46. The van der Waals surface area contributed by atoms with Crippen molar-refractivity contribution in [2.75, 3.05) is 5.32 Å². The number of nitrogens with zero attached hydrogens (tertiary/aromatic N) is 6. The molecule has 1 atom stereocenters. The molecule has 9 nitrogen and oxygen atoms in total. The van der Waals surface area contributed by atoms with Crippen molar-refractivity contribution < 1.29 is 9.53 Å². The highest BCUT2D eigenvalue weighted by Crippen LogP contribution is 2.44. The first-order valence-corrected chi connectivity index (χ1v) is 11.6. The largest absolute Gasteiger partial charge is 0.357 e. The maximum absolute atomic E-state index is 12.9. The zero-order valence-corrected chi connectivity index (χ0v) is 19.4. The summed E-state index contributed by atoms with van der Waals surface area (Å²) >= 11 is 0. The fourth-order valence-corrected chi connectivity index (χ4v) is 4.67. The summed E-state index contributed by atoms with van der Waals surface area (Å²) in [4.78, 5) is 35.6. The van der Waals surface area contributed by atoms with Crippen molar-refractivity contribution in [3.8, 4) is 22.6 Å². The number of fused-ring (bicyclic) bond motifs is 2. The number of imidazole rings is 1. The molecule has 1 fully saturated rings. The Labute approximate surface area is 196 Å². The van der Waals surface area contributed by atoms with Crippen molar-refractivity contribution in [3.63, 3.8) is 0 Å². The molecule has 4 aromatic rings. The maximum atomic E-state index is 12.9. The van der Waals surface area contributed by atoms with E-state index in [0.29, 0.717) is 23.6 Å². The Balaban J connectivity index is 1.48. The van der Waals surface area contributed by atoms with Crippen LogP contribution < -0.4 is 5.32 Å². The zero-order chi connectivity index (χ0) is 23.4. The maximum Gasteiger partial charge on any atom is 0.261 e. The molecule has 1 aliphatic heterocycles. The molecule has 0 bridgehead atoms. The van der Waals surface area contributed by atoms with Gasteiger partial charge in [0.15, 0.2) is 11.2 Å². The molecule has 2 aliphatic rings. The lowest BCUT2D eigenvalue weighted by Crippen LogP contribution is -2.40. The lowest BCUT2D eigenvalue weighted by atomic mass is 9.91. The first-order chi connectivity index (χ1) is 16.5. The van der Waals surface area contributed by atoms with E-state index < -0.39 is 5.60 Å². The molecule has 1 aliphatic carbocycles. The van der Waals surface area contributed by atoms with Gasteiger partial charge in [0.1, 0.15) is 29.2 Å². The van der Waals surface area contributed by atoms with Crippen LogP contribution in [0.25, 0.3) is 33.8 Å². The summed E-state index contributed by atoms with van der Waals surface area (Å²) < 4.78 is 8.32. The van der Waals surface area contributed by atoms with Gasteiger partial charge in [-0.3, -0.25) is 4.79 Å². The molecule has 1 aromatic carbocycles. The molecule has 9 heteroatoms. The van der Waals surface area contributed by atoms with E-state index in [0.717, 1.165) is 53.1 Å². The summed E-state index contributed by atoms with van der Waals surface area (Å²) in [6.07, 6.45) is 8.35. The van der Waals surface area contributed by atoms with Crippen molar-refractivity contribution in [3.05, 3.63) is 48.3 Å². The van der Waals surface area contributed by atoms with Crippen LogP contribution in [0.1, 0.15) is 44.5 Å². The highest BCUT2D eigenvalue weighted by molar-refractivity contribution is 6.05. The number of benzene rings is 1. The average molecular weight is 456 g/mol. The van der Waals surface area contributed by atoms with Gasteiger partial charge in [-0.25, -0.2) is 24.9 Å². The van der Waals surface area contributed by atoms with Crippen LogP contribution >= 0.6 is 0 Å². The molecule has 0 saturated heterocycles. The minimum absolute atomic E-state index is 0.121. The number of aromatic nitrogens is 6. The van der Waals surface area contributed by atoms with Crippen molar-refractivity contribution >= 4 is 22.8 Å². The third-order valence-electron chi connectivity index (χ3n) is 6.83. The lowest BCUT2D eigenvalue weighted by Gasteiger charge is -2.34. The van der Waals surface area contributed by atoms with Crippen molar-refractivity contribution in [1.29, 1.82) is 0 Å². The standard InChI is InChI=1S/C25H25N7O2/c1-4-32-22(16-11-26-14(2)27-12-16)31-21-20(28-13-29-23(21)32)15-8-9-19-18(10-15)25(3,24(33)30-19)34-17-6-5-7-17/h8-13,17H,4-7H2,1-3H3,(H,30,33). The average Bonchev–Trinajstić information content (AvgIpc) is 3.31. The van der Waals surface area contributed by atoms with E-state index in [2.05, 4.69) is 32.2 Å². The summed E-state index contributed by atoms with van der Waals surface area (Å²) in [6.45, 7) is 6.45. The smallest absolute Gasteiger partial charge is 0.261 e. The number of amides is 1. The Morgan fingerprint density at radius 1 is 1.15 bits per heavy atom. The normalized spacial score (nSPS) is 19.8. The molecular weight excluding hydrogens is 430 g/mol. The van der Waals surface area contributed by atoms with E-state index in [-0.39, 0.29) is 12.0 Å². The molecule has 172 valence electrons. The topological polar surface area (TPSA) is 108 Å². The number of hydrogen-bond acceptors (Lipinski definition) is 7. The van der Waals surface area contributed by atoms with Gasteiger partial charge in [-0.15, -0.1) is 0 Å². The van der Waals surface area contributed by atoms with Crippen molar-refractivity contribution in [1.82, 2.24) is 29.5 Å². The second-order valence-electron chi connectivity index (χ2n) is 9.01. The van der Waals surface area contributed by atoms with Crippen LogP contribution in [0.5, 0.6) is 0 Å². The van der Waals surface area contributed by atoms with Crippen LogP contribution in [0, 0.1) is 6.92 Å². The molecule has 6 rings (SSSR count). The molecule has 0 spiro atoms. The SMILES string of the molecule is CCn1c(-c2cnc(C)nc2)nc2c(-c3ccc4c(c3)C(C)(OC3CCC3)C(=O)N4)ncnc21. The Kier molecular flexibility index (Phi) is 4.70. The Hall–Kier alpha value is -3.72. The lowest BCUT2D eigenvalue weighted by molar-refractivity contribution is -0.154. The van der Waals surface area contributed by atoms with Gasteiger partial charge < -0.3 is 14.6 Å². The van der Waals surface area contributed by atoms with Gasteiger partial charge >= 0.3 is 0 Å². The van der Waals surface area contributed by atoms with Crippen LogP contribution in [0.4, 0.5) is 5.69 Å². The van der Waals surface area contributed by atoms with Crippen LogP contribution in [0.3, 0.4) is 0 Å². The number of ether oxygens (including phenoxy) is 1. The summed E-state index contributed by atoms with van der Waals surface area (Å²) in [7, 11) is 0. The van der Waals surface area contributed by atoms with Gasteiger partial charge in [-0.1, -0.05) is 6.07 Å². The molecule has 1 saturated carbocycles. The highest BCUT2D eigenvalue weighted by atomic mass is 16.5. The molecule has 3 aromatic heterocycles. The minimum Gasteiger partial charge on any atom is -0.357 e. The van der Waals surface area contributed by atoms with Crippen molar-refractivity contribution in [2.45, 2.75) is 58.3 Å². The monoisotopic (exact) mass is 455 g/mol. The Bertz CT molecular complexity index is 1430. The summed E-state index contributed by atoms with van der Waals surface area (Å²) in [6, 6.07) is 5.86. The summed E-state index contributed by atoms with van der Waals surface area (Å²) in [5, 5.41) is 2.98.